The molecule has 0 aliphatic heterocycles. The van der Waals surface area contributed by atoms with Crippen molar-refractivity contribution in [1.29, 1.82) is 0 Å². The molecule has 0 aliphatic rings. The third-order valence-electron chi connectivity index (χ3n) is 2.17. The molecule has 0 saturated carbocycles. The van der Waals surface area contributed by atoms with Crippen molar-refractivity contribution < 1.29 is 9.90 Å². The first-order valence-electron chi connectivity index (χ1n) is 4.81. The molecular formula is C10H21NO2. The lowest BCUT2D eigenvalue weighted by molar-refractivity contribution is -0.137. The van der Waals surface area contributed by atoms with Gasteiger partial charge >= 0.3 is 5.97 Å². The summed E-state index contributed by atoms with van der Waals surface area (Å²) in [5.74, 6) is -0.0724. The van der Waals surface area contributed by atoms with Gasteiger partial charge in [-0.1, -0.05) is 13.8 Å². The number of rotatable bonds is 6. The first-order chi connectivity index (χ1) is 5.93. The number of carboxylic acids is 1. The fourth-order valence-electron chi connectivity index (χ4n) is 1.42. The zero-order valence-corrected chi connectivity index (χ0v) is 9.08. The second-order valence-corrected chi connectivity index (χ2v) is 4.18. The van der Waals surface area contributed by atoms with Gasteiger partial charge in [0.15, 0.2) is 0 Å². The molecule has 0 aromatic carbocycles. The molecule has 0 bridgehead atoms. The average Bonchev–Trinajstić information content (AvgIpc) is 1.96. The number of carbonyl (C=O) groups is 1. The molecule has 0 fully saturated rings. The number of hydrogen-bond acceptors (Lipinski definition) is 2. The molecule has 13 heavy (non-hydrogen) atoms. The molecule has 78 valence electrons. The van der Waals surface area contributed by atoms with E-state index in [4.69, 9.17) is 5.11 Å². The smallest absolute Gasteiger partial charge is 0.303 e. The maximum atomic E-state index is 10.4. The van der Waals surface area contributed by atoms with Gasteiger partial charge in [0.2, 0.25) is 0 Å². The maximum absolute atomic E-state index is 10.4. The Morgan fingerprint density at radius 2 is 1.92 bits per heavy atom. The minimum Gasteiger partial charge on any atom is -0.481 e. The van der Waals surface area contributed by atoms with Crippen LogP contribution in [0.4, 0.5) is 0 Å². The van der Waals surface area contributed by atoms with E-state index in [-0.39, 0.29) is 6.42 Å². The van der Waals surface area contributed by atoms with Crippen molar-refractivity contribution >= 4 is 5.97 Å². The van der Waals surface area contributed by atoms with Crippen LogP contribution in [-0.2, 0) is 4.79 Å². The maximum Gasteiger partial charge on any atom is 0.303 e. The van der Waals surface area contributed by atoms with E-state index in [1.807, 2.05) is 14.1 Å². The molecule has 0 saturated heterocycles. The normalized spacial score (nSPS) is 13.7. The standard InChI is InChI=1S/C10H21NO2/c1-8(2)7-9(11(3)4)5-6-10(12)13/h8-9H,5-7H2,1-4H3,(H,12,13). The van der Waals surface area contributed by atoms with E-state index in [1.165, 1.54) is 0 Å². The van der Waals surface area contributed by atoms with Crippen molar-refractivity contribution in [3.63, 3.8) is 0 Å². The Hall–Kier alpha value is -0.570. The molecule has 0 spiro atoms. The minimum atomic E-state index is -0.699. The van der Waals surface area contributed by atoms with Crippen molar-refractivity contribution in [3.05, 3.63) is 0 Å². The summed E-state index contributed by atoms with van der Waals surface area (Å²) >= 11 is 0. The van der Waals surface area contributed by atoms with Gasteiger partial charge in [-0.2, -0.15) is 0 Å². The minimum absolute atomic E-state index is 0.273. The molecule has 0 amide bonds. The van der Waals surface area contributed by atoms with Gasteiger partial charge in [-0.05, 0) is 32.9 Å². The van der Waals surface area contributed by atoms with Crippen LogP contribution in [-0.4, -0.2) is 36.1 Å². The molecule has 1 N–H and O–H groups in total. The van der Waals surface area contributed by atoms with Crippen molar-refractivity contribution in [2.24, 2.45) is 5.92 Å². The van der Waals surface area contributed by atoms with E-state index >= 15 is 0 Å². The lowest BCUT2D eigenvalue weighted by atomic mass is 9.99. The third-order valence-corrected chi connectivity index (χ3v) is 2.17. The Labute approximate surface area is 80.7 Å². The van der Waals surface area contributed by atoms with Crippen LogP contribution in [0.25, 0.3) is 0 Å². The van der Waals surface area contributed by atoms with E-state index < -0.39 is 5.97 Å². The summed E-state index contributed by atoms with van der Waals surface area (Å²) in [6, 6.07) is 0.399. The van der Waals surface area contributed by atoms with Crippen LogP contribution in [0.1, 0.15) is 33.1 Å². The number of hydrogen-bond donors (Lipinski definition) is 1. The summed E-state index contributed by atoms with van der Waals surface area (Å²) in [4.78, 5) is 12.5. The fourth-order valence-corrected chi connectivity index (χ4v) is 1.42. The molecule has 3 heteroatoms. The molecule has 0 heterocycles. The first-order valence-corrected chi connectivity index (χ1v) is 4.81. The Morgan fingerprint density at radius 3 is 2.23 bits per heavy atom. The molecule has 0 aliphatic carbocycles. The van der Waals surface area contributed by atoms with E-state index in [0.29, 0.717) is 12.0 Å². The van der Waals surface area contributed by atoms with Crippen molar-refractivity contribution in [3.8, 4) is 0 Å². The topological polar surface area (TPSA) is 40.5 Å². The van der Waals surface area contributed by atoms with Gasteiger partial charge in [0.05, 0.1) is 0 Å². The quantitative estimate of drug-likeness (QED) is 0.689. The molecule has 3 nitrogen and oxygen atoms in total. The summed E-state index contributed by atoms with van der Waals surface area (Å²) in [7, 11) is 4.02. The van der Waals surface area contributed by atoms with Crippen molar-refractivity contribution in [2.75, 3.05) is 14.1 Å². The molecule has 1 atom stereocenters. The fraction of sp³-hybridized carbons (Fsp3) is 0.900. The van der Waals surface area contributed by atoms with E-state index in [9.17, 15) is 4.79 Å². The molecule has 0 aromatic heterocycles. The Bertz CT molecular complexity index is 155. The van der Waals surface area contributed by atoms with Gasteiger partial charge in [-0.3, -0.25) is 4.79 Å². The lowest BCUT2D eigenvalue weighted by Gasteiger charge is -2.25. The summed E-state index contributed by atoms with van der Waals surface area (Å²) in [6.07, 6.45) is 2.09. The van der Waals surface area contributed by atoms with Gasteiger partial charge in [0.25, 0.3) is 0 Å². The molecular weight excluding hydrogens is 166 g/mol. The molecule has 1 unspecified atom stereocenters. The monoisotopic (exact) mass is 187 g/mol. The number of aliphatic carboxylic acids is 1. The SMILES string of the molecule is CC(C)CC(CCC(=O)O)N(C)C. The largest absolute Gasteiger partial charge is 0.481 e. The first kappa shape index (κ1) is 12.4. The van der Waals surface area contributed by atoms with Crippen LogP contribution in [0.2, 0.25) is 0 Å². The summed E-state index contributed by atoms with van der Waals surface area (Å²) in [5.41, 5.74) is 0. The highest BCUT2D eigenvalue weighted by molar-refractivity contribution is 5.66. The van der Waals surface area contributed by atoms with E-state index in [1.54, 1.807) is 0 Å². The Balaban J connectivity index is 3.87. The summed E-state index contributed by atoms with van der Waals surface area (Å²) in [5, 5.41) is 8.56. The Morgan fingerprint density at radius 1 is 1.38 bits per heavy atom. The number of nitrogens with zero attached hydrogens (tertiary/aromatic N) is 1. The van der Waals surface area contributed by atoms with E-state index in [2.05, 4.69) is 18.7 Å². The lowest BCUT2D eigenvalue weighted by Crippen LogP contribution is -2.29. The summed E-state index contributed by atoms with van der Waals surface area (Å²) in [6.45, 7) is 4.33. The second-order valence-electron chi connectivity index (χ2n) is 4.18. The highest BCUT2D eigenvalue weighted by Gasteiger charge is 2.14. The van der Waals surface area contributed by atoms with Gasteiger partial charge in [-0.25, -0.2) is 0 Å². The van der Waals surface area contributed by atoms with Gasteiger partial charge in [0.1, 0.15) is 0 Å². The third kappa shape index (κ3) is 6.58. The molecule has 0 radical (unpaired) electrons. The zero-order chi connectivity index (χ0) is 10.4. The van der Waals surface area contributed by atoms with E-state index in [0.717, 1.165) is 12.8 Å². The van der Waals surface area contributed by atoms with Gasteiger partial charge < -0.3 is 10.0 Å². The van der Waals surface area contributed by atoms with Gasteiger partial charge in [0, 0.05) is 12.5 Å². The highest BCUT2D eigenvalue weighted by atomic mass is 16.4. The van der Waals surface area contributed by atoms with Crippen LogP contribution in [0, 0.1) is 5.92 Å². The highest BCUT2D eigenvalue weighted by Crippen LogP contribution is 2.13. The molecule has 0 rings (SSSR count). The zero-order valence-electron chi connectivity index (χ0n) is 9.08. The van der Waals surface area contributed by atoms with Crippen LogP contribution in [0.15, 0.2) is 0 Å². The van der Waals surface area contributed by atoms with Crippen LogP contribution in [0.5, 0.6) is 0 Å². The average molecular weight is 187 g/mol. The van der Waals surface area contributed by atoms with Crippen LogP contribution >= 0.6 is 0 Å². The second kappa shape index (κ2) is 5.97. The molecule has 0 aromatic rings. The summed E-state index contributed by atoms with van der Waals surface area (Å²) < 4.78 is 0. The van der Waals surface area contributed by atoms with Crippen LogP contribution in [0.3, 0.4) is 0 Å². The predicted octanol–water partition coefficient (Wildman–Crippen LogP) is 1.83. The van der Waals surface area contributed by atoms with Gasteiger partial charge in [-0.15, -0.1) is 0 Å². The Kier molecular flexibility index (Phi) is 5.71. The van der Waals surface area contributed by atoms with Crippen molar-refractivity contribution in [1.82, 2.24) is 4.90 Å². The predicted molar refractivity (Wildman–Crippen MR) is 53.8 cm³/mol. The number of carboxylic acid groups (broad SMARTS) is 1. The van der Waals surface area contributed by atoms with Crippen molar-refractivity contribution in [2.45, 2.75) is 39.2 Å². The van der Waals surface area contributed by atoms with Crippen LogP contribution < -0.4 is 0 Å².